The Labute approximate surface area is 171 Å². The van der Waals surface area contributed by atoms with Crippen LogP contribution >= 0.6 is 11.3 Å². The standard InChI is InChI=1S/C22H17N3O3S/c26-22(19-7-4-12-29-19)25-13-18(14-25)27-17-10-8-16(9-11-17)21-23-20(24-28-21)15-5-2-1-3-6-15/h1-12,18H,13-14H2. The molecule has 144 valence electrons. The Morgan fingerprint density at radius 3 is 2.52 bits per heavy atom. The second-order valence-corrected chi connectivity index (χ2v) is 7.69. The molecule has 29 heavy (non-hydrogen) atoms. The summed E-state index contributed by atoms with van der Waals surface area (Å²) in [5.74, 6) is 1.85. The van der Waals surface area contributed by atoms with Crippen molar-refractivity contribution in [2.75, 3.05) is 13.1 Å². The minimum absolute atomic E-state index is 0.0119. The number of amides is 1. The Morgan fingerprint density at radius 2 is 1.79 bits per heavy atom. The minimum Gasteiger partial charge on any atom is -0.487 e. The van der Waals surface area contributed by atoms with E-state index in [1.807, 2.05) is 72.1 Å². The molecule has 2 aromatic carbocycles. The molecule has 4 aromatic rings. The molecule has 1 aliphatic heterocycles. The maximum absolute atomic E-state index is 12.2. The first-order chi connectivity index (χ1) is 14.3. The van der Waals surface area contributed by atoms with Crippen LogP contribution < -0.4 is 4.74 Å². The predicted molar refractivity (Wildman–Crippen MR) is 110 cm³/mol. The van der Waals surface area contributed by atoms with Crippen LogP contribution in [0.4, 0.5) is 0 Å². The SMILES string of the molecule is O=C(c1cccs1)N1CC(Oc2ccc(-c3nc(-c4ccccc4)no3)cc2)C1. The average Bonchev–Trinajstić information content (AvgIpc) is 3.43. The fraction of sp³-hybridized carbons (Fsp3) is 0.136. The van der Waals surface area contributed by atoms with Gasteiger partial charge in [-0.25, -0.2) is 0 Å². The maximum atomic E-state index is 12.2. The van der Waals surface area contributed by atoms with E-state index in [0.29, 0.717) is 24.8 Å². The number of thiophene rings is 1. The summed E-state index contributed by atoms with van der Waals surface area (Å²) < 4.78 is 11.3. The van der Waals surface area contributed by atoms with Crippen LogP contribution in [-0.2, 0) is 0 Å². The number of rotatable bonds is 5. The summed E-state index contributed by atoms with van der Waals surface area (Å²) in [6, 6.07) is 21.0. The second kappa shape index (κ2) is 7.52. The highest BCUT2D eigenvalue weighted by Gasteiger charge is 2.33. The van der Waals surface area contributed by atoms with Crippen molar-refractivity contribution in [3.63, 3.8) is 0 Å². The third-order valence-corrected chi connectivity index (χ3v) is 5.59. The minimum atomic E-state index is 0.0119. The molecule has 0 aliphatic carbocycles. The van der Waals surface area contributed by atoms with Gasteiger partial charge in [0.1, 0.15) is 11.9 Å². The van der Waals surface area contributed by atoms with E-state index >= 15 is 0 Å². The van der Waals surface area contributed by atoms with Gasteiger partial charge in [0.2, 0.25) is 5.82 Å². The van der Waals surface area contributed by atoms with Gasteiger partial charge in [0.25, 0.3) is 11.8 Å². The lowest BCUT2D eigenvalue weighted by atomic mass is 10.1. The number of carbonyl (C=O) groups is 1. The van der Waals surface area contributed by atoms with Crippen molar-refractivity contribution in [3.05, 3.63) is 77.0 Å². The highest BCUT2D eigenvalue weighted by Crippen LogP contribution is 2.26. The van der Waals surface area contributed by atoms with Crippen molar-refractivity contribution < 1.29 is 14.1 Å². The molecule has 0 saturated carbocycles. The molecule has 1 saturated heterocycles. The number of hydrogen-bond donors (Lipinski definition) is 0. The number of carbonyl (C=O) groups excluding carboxylic acids is 1. The lowest BCUT2D eigenvalue weighted by molar-refractivity contribution is 0.0182. The zero-order valence-corrected chi connectivity index (χ0v) is 16.2. The van der Waals surface area contributed by atoms with E-state index in [2.05, 4.69) is 10.1 Å². The molecule has 0 radical (unpaired) electrons. The number of benzene rings is 2. The van der Waals surface area contributed by atoms with Crippen LogP contribution in [0.5, 0.6) is 5.75 Å². The predicted octanol–water partition coefficient (Wildman–Crippen LogP) is 4.37. The lowest BCUT2D eigenvalue weighted by Gasteiger charge is -2.38. The summed E-state index contributed by atoms with van der Waals surface area (Å²) in [6.45, 7) is 1.20. The highest BCUT2D eigenvalue weighted by molar-refractivity contribution is 7.12. The molecule has 0 bridgehead atoms. The first-order valence-electron chi connectivity index (χ1n) is 9.25. The van der Waals surface area contributed by atoms with Gasteiger partial charge in [-0.05, 0) is 35.7 Å². The van der Waals surface area contributed by atoms with Crippen LogP contribution in [0, 0.1) is 0 Å². The van der Waals surface area contributed by atoms with Gasteiger partial charge >= 0.3 is 0 Å². The van der Waals surface area contributed by atoms with Crippen molar-refractivity contribution >= 4 is 17.2 Å². The average molecular weight is 403 g/mol. The van der Waals surface area contributed by atoms with Crippen molar-refractivity contribution in [3.8, 4) is 28.6 Å². The number of aromatic nitrogens is 2. The summed E-state index contributed by atoms with van der Waals surface area (Å²) in [5, 5.41) is 5.96. The molecule has 1 aliphatic rings. The molecule has 6 nitrogen and oxygen atoms in total. The van der Waals surface area contributed by atoms with Gasteiger partial charge in [-0.3, -0.25) is 4.79 Å². The fourth-order valence-corrected chi connectivity index (χ4v) is 3.84. The van der Waals surface area contributed by atoms with Crippen LogP contribution in [0.25, 0.3) is 22.8 Å². The number of nitrogens with zero attached hydrogens (tertiary/aromatic N) is 3. The van der Waals surface area contributed by atoms with Crippen LogP contribution in [0.1, 0.15) is 9.67 Å². The first kappa shape index (κ1) is 17.6. The third-order valence-electron chi connectivity index (χ3n) is 4.73. The van der Waals surface area contributed by atoms with E-state index in [1.165, 1.54) is 11.3 Å². The quantitative estimate of drug-likeness (QED) is 0.495. The molecular formula is C22H17N3O3S. The lowest BCUT2D eigenvalue weighted by Crippen LogP contribution is -2.56. The molecule has 7 heteroatoms. The van der Waals surface area contributed by atoms with E-state index in [4.69, 9.17) is 9.26 Å². The molecule has 0 N–H and O–H groups in total. The summed E-state index contributed by atoms with van der Waals surface area (Å²) in [4.78, 5) is 19.3. The van der Waals surface area contributed by atoms with E-state index in [1.54, 1.807) is 4.90 Å². The molecule has 0 atom stereocenters. The summed E-state index contributed by atoms with van der Waals surface area (Å²) in [7, 11) is 0. The van der Waals surface area contributed by atoms with Gasteiger partial charge in [0.15, 0.2) is 0 Å². The van der Waals surface area contributed by atoms with Crippen molar-refractivity contribution in [1.82, 2.24) is 15.0 Å². The highest BCUT2D eigenvalue weighted by atomic mass is 32.1. The van der Waals surface area contributed by atoms with Gasteiger partial charge in [-0.1, -0.05) is 41.6 Å². The smallest absolute Gasteiger partial charge is 0.264 e. The molecule has 0 unspecified atom stereocenters. The van der Waals surface area contributed by atoms with Gasteiger partial charge < -0.3 is 14.2 Å². The van der Waals surface area contributed by atoms with Crippen LogP contribution in [0.2, 0.25) is 0 Å². The Morgan fingerprint density at radius 1 is 1.00 bits per heavy atom. The molecule has 0 spiro atoms. The van der Waals surface area contributed by atoms with Crippen LogP contribution in [0.15, 0.2) is 76.6 Å². The van der Waals surface area contributed by atoms with E-state index in [-0.39, 0.29) is 12.0 Å². The molecular weight excluding hydrogens is 386 g/mol. The van der Waals surface area contributed by atoms with Crippen molar-refractivity contribution in [2.45, 2.75) is 6.10 Å². The third kappa shape index (κ3) is 3.64. The summed E-state index contributed by atoms with van der Waals surface area (Å²) >= 11 is 1.46. The summed E-state index contributed by atoms with van der Waals surface area (Å²) in [6.07, 6.45) is 0.0119. The Balaban J connectivity index is 1.20. The fourth-order valence-electron chi connectivity index (χ4n) is 3.15. The Kier molecular flexibility index (Phi) is 4.57. The number of likely N-dealkylation sites (tertiary alicyclic amines) is 1. The molecule has 1 fully saturated rings. The number of hydrogen-bond acceptors (Lipinski definition) is 6. The zero-order chi connectivity index (χ0) is 19.6. The van der Waals surface area contributed by atoms with Crippen LogP contribution in [-0.4, -0.2) is 40.1 Å². The summed E-state index contributed by atoms with van der Waals surface area (Å²) in [5.41, 5.74) is 1.74. The van der Waals surface area contributed by atoms with Crippen molar-refractivity contribution in [2.24, 2.45) is 0 Å². The van der Waals surface area contributed by atoms with Crippen LogP contribution in [0.3, 0.4) is 0 Å². The van der Waals surface area contributed by atoms with Crippen molar-refractivity contribution in [1.29, 1.82) is 0 Å². The molecule has 2 aromatic heterocycles. The van der Waals surface area contributed by atoms with Gasteiger partial charge in [0, 0.05) is 11.1 Å². The molecule has 3 heterocycles. The van der Waals surface area contributed by atoms with E-state index in [0.717, 1.165) is 21.8 Å². The van der Waals surface area contributed by atoms with Gasteiger partial charge in [-0.2, -0.15) is 4.98 Å². The second-order valence-electron chi connectivity index (χ2n) is 6.74. The van der Waals surface area contributed by atoms with E-state index < -0.39 is 0 Å². The Hall–Kier alpha value is -3.45. The topological polar surface area (TPSA) is 68.5 Å². The van der Waals surface area contributed by atoms with Gasteiger partial charge in [0.05, 0.1) is 18.0 Å². The Bertz CT molecular complexity index is 1100. The molecule has 5 rings (SSSR count). The monoisotopic (exact) mass is 403 g/mol. The normalized spacial score (nSPS) is 13.9. The molecule has 1 amide bonds. The maximum Gasteiger partial charge on any atom is 0.264 e. The largest absolute Gasteiger partial charge is 0.487 e. The van der Waals surface area contributed by atoms with E-state index in [9.17, 15) is 4.79 Å². The first-order valence-corrected chi connectivity index (χ1v) is 10.1. The zero-order valence-electron chi connectivity index (χ0n) is 15.4. The van der Waals surface area contributed by atoms with Gasteiger partial charge in [-0.15, -0.1) is 11.3 Å². The number of ether oxygens (including phenoxy) is 1.